The fourth-order valence-corrected chi connectivity index (χ4v) is 2.83. The lowest BCUT2D eigenvalue weighted by atomic mass is 10.2. The van der Waals surface area contributed by atoms with Crippen LogP contribution in [-0.2, 0) is 13.1 Å². The summed E-state index contributed by atoms with van der Waals surface area (Å²) in [5.41, 5.74) is 2.37. The second kappa shape index (κ2) is 5.87. The number of rotatable bonds is 4. The maximum absolute atomic E-state index is 6.09. The number of benzene rings is 1. The minimum absolute atomic E-state index is 0.721. The van der Waals surface area contributed by atoms with E-state index in [0.717, 1.165) is 28.7 Å². The van der Waals surface area contributed by atoms with E-state index in [0.29, 0.717) is 0 Å². The molecule has 0 saturated heterocycles. The molecule has 0 atom stereocenters. The smallest absolute Gasteiger partial charge is 0.0451 e. The molecule has 1 aromatic carbocycles. The Morgan fingerprint density at radius 3 is 2.71 bits per heavy atom. The highest BCUT2D eigenvalue weighted by atomic mass is 35.5. The lowest BCUT2D eigenvalue weighted by molar-refractivity contribution is 0.699. The second-order valence-corrected chi connectivity index (χ2v) is 5.71. The Hall–Kier alpha value is -0.540. The van der Waals surface area contributed by atoms with E-state index in [-0.39, 0.29) is 0 Å². The number of nitrogens with one attached hydrogen (secondary N) is 1. The molecular formula is C13H13Cl2NS. The third-order valence-corrected chi connectivity index (χ3v) is 4.20. The molecule has 1 N–H and O–H groups in total. The fourth-order valence-electron chi connectivity index (χ4n) is 1.57. The van der Waals surface area contributed by atoms with Crippen molar-refractivity contribution in [3.63, 3.8) is 0 Å². The first kappa shape index (κ1) is 12.9. The first-order valence-corrected chi connectivity index (χ1v) is 6.98. The van der Waals surface area contributed by atoms with Crippen molar-refractivity contribution in [2.75, 3.05) is 0 Å². The van der Waals surface area contributed by atoms with E-state index in [1.54, 1.807) is 17.4 Å². The molecule has 0 fully saturated rings. The van der Waals surface area contributed by atoms with Gasteiger partial charge >= 0.3 is 0 Å². The Balaban J connectivity index is 1.94. The van der Waals surface area contributed by atoms with E-state index >= 15 is 0 Å². The molecule has 4 heteroatoms. The second-order valence-electron chi connectivity index (χ2n) is 3.87. The van der Waals surface area contributed by atoms with Crippen molar-refractivity contribution in [1.82, 2.24) is 5.32 Å². The van der Waals surface area contributed by atoms with Gasteiger partial charge in [-0.3, -0.25) is 0 Å². The minimum atomic E-state index is 0.721. The largest absolute Gasteiger partial charge is 0.308 e. The van der Waals surface area contributed by atoms with Gasteiger partial charge in [0, 0.05) is 28.0 Å². The summed E-state index contributed by atoms with van der Waals surface area (Å²) in [6.45, 7) is 3.73. The van der Waals surface area contributed by atoms with Crippen molar-refractivity contribution in [1.29, 1.82) is 0 Å². The average molecular weight is 286 g/mol. The Kier molecular flexibility index (Phi) is 4.46. The normalized spacial score (nSPS) is 10.8. The van der Waals surface area contributed by atoms with Crippen molar-refractivity contribution >= 4 is 34.5 Å². The zero-order valence-electron chi connectivity index (χ0n) is 9.47. The zero-order valence-corrected chi connectivity index (χ0v) is 11.8. The van der Waals surface area contributed by atoms with E-state index in [1.165, 1.54) is 10.4 Å². The molecule has 0 radical (unpaired) electrons. The third-order valence-electron chi connectivity index (χ3n) is 2.58. The van der Waals surface area contributed by atoms with Gasteiger partial charge in [-0.05, 0) is 47.7 Å². The Morgan fingerprint density at radius 1 is 1.18 bits per heavy atom. The van der Waals surface area contributed by atoms with E-state index < -0.39 is 0 Å². The first-order valence-electron chi connectivity index (χ1n) is 5.34. The molecule has 0 saturated carbocycles. The predicted molar refractivity (Wildman–Crippen MR) is 76.1 cm³/mol. The van der Waals surface area contributed by atoms with Crippen molar-refractivity contribution in [3.05, 3.63) is 55.7 Å². The summed E-state index contributed by atoms with van der Waals surface area (Å²) in [5, 5.41) is 6.97. The van der Waals surface area contributed by atoms with Gasteiger partial charge in [-0.1, -0.05) is 23.2 Å². The predicted octanol–water partition coefficient (Wildman–Crippen LogP) is 4.65. The summed E-state index contributed by atoms with van der Waals surface area (Å²) < 4.78 is 0. The summed E-state index contributed by atoms with van der Waals surface area (Å²) in [6, 6.07) is 7.67. The number of halogens is 2. The van der Waals surface area contributed by atoms with Gasteiger partial charge in [-0.15, -0.1) is 11.3 Å². The van der Waals surface area contributed by atoms with Gasteiger partial charge in [0.15, 0.2) is 0 Å². The number of hydrogen-bond donors (Lipinski definition) is 1. The molecule has 0 aliphatic rings. The van der Waals surface area contributed by atoms with Crippen molar-refractivity contribution in [3.8, 4) is 0 Å². The summed E-state index contributed by atoms with van der Waals surface area (Å²) in [6.07, 6.45) is 0. The molecule has 0 amide bonds. The van der Waals surface area contributed by atoms with Gasteiger partial charge in [-0.2, -0.15) is 0 Å². The van der Waals surface area contributed by atoms with Crippen LogP contribution >= 0.6 is 34.5 Å². The highest BCUT2D eigenvalue weighted by molar-refractivity contribution is 7.10. The SMILES string of the molecule is Cc1ccsc1CNCc1cc(Cl)ccc1Cl. The highest BCUT2D eigenvalue weighted by Gasteiger charge is 2.03. The summed E-state index contributed by atoms with van der Waals surface area (Å²) in [7, 11) is 0. The quantitative estimate of drug-likeness (QED) is 0.862. The van der Waals surface area contributed by atoms with Gasteiger partial charge in [0.25, 0.3) is 0 Å². The first-order chi connectivity index (χ1) is 8.16. The molecule has 0 unspecified atom stereocenters. The lowest BCUT2D eigenvalue weighted by Crippen LogP contribution is -2.12. The van der Waals surface area contributed by atoms with Crippen LogP contribution in [0.3, 0.4) is 0 Å². The number of hydrogen-bond acceptors (Lipinski definition) is 2. The van der Waals surface area contributed by atoms with E-state index in [4.69, 9.17) is 23.2 Å². The van der Waals surface area contributed by atoms with Gasteiger partial charge in [-0.25, -0.2) is 0 Å². The van der Waals surface area contributed by atoms with Crippen LogP contribution in [0.4, 0.5) is 0 Å². The van der Waals surface area contributed by atoms with Gasteiger partial charge < -0.3 is 5.32 Å². The highest BCUT2D eigenvalue weighted by Crippen LogP contribution is 2.21. The van der Waals surface area contributed by atoms with Gasteiger partial charge in [0.1, 0.15) is 0 Å². The van der Waals surface area contributed by atoms with E-state index in [2.05, 4.69) is 23.7 Å². The average Bonchev–Trinajstić information content (AvgIpc) is 2.70. The van der Waals surface area contributed by atoms with Crippen LogP contribution in [-0.4, -0.2) is 0 Å². The molecule has 2 rings (SSSR count). The summed E-state index contributed by atoms with van der Waals surface area (Å²) >= 11 is 13.8. The van der Waals surface area contributed by atoms with Crippen LogP contribution in [0.5, 0.6) is 0 Å². The van der Waals surface area contributed by atoms with Gasteiger partial charge in [0.2, 0.25) is 0 Å². The number of aryl methyl sites for hydroxylation is 1. The molecule has 1 heterocycles. The van der Waals surface area contributed by atoms with Crippen molar-refractivity contribution < 1.29 is 0 Å². The van der Waals surface area contributed by atoms with Crippen LogP contribution in [0.25, 0.3) is 0 Å². The molecule has 2 aromatic rings. The maximum atomic E-state index is 6.09. The standard InChI is InChI=1S/C13H13Cl2NS/c1-9-4-5-17-13(9)8-16-7-10-6-11(14)2-3-12(10)15/h2-6,16H,7-8H2,1H3. The molecule has 1 nitrogen and oxygen atoms in total. The fraction of sp³-hybridized carbons (Fsp3) is 0.231. The van der Waals surface area contributed by atoms with Crippen LogP contribution in [0, 0.1) is 6.92 Å². The third kappa shape index (κ3) is 3.46. The zero-order chi connectivity index (χ0) is 12.3. The van der Waals surface area contributed by atoms with Crippen LogP contribution in [0.1, 0.15) is 16.0 Å². The Morgan fingerprint density at radius 2 is 2.00 bits per heavy atom. The summed E-state index contributed by atoms with van der Waals surface area (Å²) in [4.78, 5) is 1.36. The molecule has 1 aromatic heterocycles. The van der Waals surface area contributed by atoms with E-state index in [1.807, 2.05) is 12.1 Å². The lowest BCUT2D eigenvalue weighted by Gasteiger charge is -2.07. The van der Waals surface area contributed by atoms with Crippen LogP contribution in [0.2, 0.25) is 10.0 Å². The summed E-state index contributed by atoms with van der Waals surface area (Å²) in [5.74, 6) is 0. The monoisotopic (exact) mass is 285 g/mol. The van der Waals surface area contributed by atoms with Crippen LogP contribution < -0.4 is 5.32 Å². The van der Waals surface area contributed by atoms with Gasteiger partial charge in [0.05, 0.1) is 0 Å². The molecular weight excluding hydrogens is 273 g/mol. The van der Waals surface area contributed by atoms with Crippen molar-refractivity contribution in [2.45, 2.75) is 20.0 Å². The molecule has 0 aliphatic heterocycles. The topological polar surface area (TPSA) is 12.0 Å². The Labute approximate surface area is 115 Å². The Bertz CT molecular complexity index is 508. The minimum Gasteiger partial charge on any atom is -0.308 e. The maximum Gasteiger partial charge on any atom is 0.0451 e. The number of thiophene rings is 1. The molecule has 0 aliphatic carbocycles. The molecule has 90 valence electrons. The molecule has 17 heavy (non-hydrogen) atoms. The molecule has 0 bridgehead atoms. The van der Waals surface area contributed by atoms with Crippen molar-refractivity contribution in [2.24, 2.45) is 0 Å². The van der Waals surface area contributed by atoms with E-state index in [9.17, 15) is 0 Å². The van der Waals surface area contributed by atoms with Crippen LogP contribution in [0.15, 0.2) is 29.6 Å². The molecule has 0 spiro atoms.